The van der Waals surface area contributed by atoms with E-state index in [-0.39, 0.29) is 0 Å². The van der Waals surface area contributed by atoms with Crippen LogP contribution in [0.4, 0.5) is 5.82 Å². The summed E-state index contributed by atoms with van der Waals surface area (Å²) in [7, 11) is 0. The van der Waals surface area contributed by atoms with Gasteiger partial charge in [0.25, 0.3) is 5.91 Å². The molecule has 2 N–H and O–H groups in total. The van der Waals surface area contributed by atoms with Crippen LogP contribution in [0.3, 0.4) is 0 Å². The molecule has 7 heteroatoms. The molecule has 0 aliphatic heterocycles. The zero-order valence-corrected chi connectivity index (χ0v) is 15.7. The highest BCUT2D eigenvalue weighted by Gasteiger charge is 2.13. The Kier molecular flexibility index (Phi) is 5.03. The Morgan fingerprint density at radius 2 is 1.90 bits per heavy atom. The maximum atomic E-state index is 12.3. The van der Waals surface area contributed by atoms with Crippen molar-refractivity contribution in [2.45, 2.75) is 6.92 Å². The number of amides is 1. The molecule has 144 valence electrons. The van der Waals surface area contributed by atoms with Crippen LogP contribution in [0.2, 0.25) is 0 Å². The van der Waals surface area contributed by atoms with E-state index in [1.165, 1.54) is 0 Å². The van der Waals surface area contributed by atoms with Crippen LogP contribution in [0, 0.1) is 6.92 Å². The van der Waals surface area contributed by atoms with Gasteiger partial charge in [-0.05, 0) is 36.8 Å². The average molecular weight is 386 g/mol. The topological polar surface area (TPSA) is 97.0 Å². The zero-order chi connectivity index (χ0) is 20.2. The molecular weight excluding hydrogens is 368 g/mol. The van der Waals surface area contributed by atoms with Crippen LogP contribution in [-0.2, 0) is 9.53 Å². The number of H-pyrrole nitrogens is 1. The fourth-order valence-electron chi connectivity index (χ4n) is 2.80. The number of anilines is 1. The molecule has 0 bridgehead atoms. The Morgan fingerprint density at radius 3 is 2.66 bits per heavy atom. The van der Waals surface area contributed by atoms with Gasteiger partial charge in [0.05, 0.1) is 16.6 Å². The van der Waals surface area contributed by atoms with Gasteiger partial charge >= 0.3 is 5.97 Å². The van der Waals surface area contributed by atoms with E-state index in [0.29, 0.717) is 16.9 Å². The SMILES string of the molecule is Cc1ccc(NC(=O)COC(=O)c2ccc3nc(-c4ccccc4)[nH]c3c2)nc1. The Hall–Kier alpha value is -4.00. The standard InChI is InChI=1S/C22H18N4O3/c1-14-7-10-19(23-12-14)26-20(27)13-29-22(28)16-8-9-17-18(11-16)25-21(24-17)15-5-3-2-4-6-15/h2-12H,13H2,1H3,(H,24,25)(H,23,26,27). The van der Waals surface area contributed by atoms with Crippen molar-refractivity contribution in [3.8, 4) is 11.4 Å². The highest BCUT2D eigenvalue weighted by Crippen LogP contribution is 2.21. The number of esters is 1. The molecule has 0 unspecified atom stereocenters. The Balaban J connectivity index is 1.41. The van der Waals surface area contributed by atoms with Crippen molar-refractivity contribution in [1.29, 1.82) is 0 Å². The molecule has 2 heterocycles. The van der Waals surface area contributed by atoms with Crippen molar-refractivity contribution in [3.05, 3.63) is 78.0 Å². The van der Waals surface area contributed by atoms with Gasteiger partial charge in [0.1, 0.15) is 11.6 Å². The number of ether oxygens (including phenoxy) is 1. The summed E-state index contributed by atoms with van der Waals surface area (Å²) in [5.41, 5.74) is 3.73. The molecule has 0 fully saturated rings. The maximum Gasteiger partial charge on any atom is 0.338 e. The fraction of sp³-hybridized carbons (Fsp3) is 0.0909. The number of carbonyl (C=O) groups excluding carboxylic acids is 2. The first-order valence-corrected chi connectivity index (χ1v) is 9.03. The van der Waals surface area contributed by atoms with Gasteiger partial charge in [0.15, 0.2) is 6.61 Å². The van der Waals surface area contributed by atoms with E-state index >= 15 is 0 Å². The van der Waals surface area contributed by atoms with Gasteiger partial charge < -0.3 is 15.0 Å². The van der Waals surface area contributed by atoms with Crippen LogP contribution in [0.5, 0.6) is 0 Å². The minimum Gasteiger partial charge on any atom is -0.452 e. The molecule has 0 aliphatic rings. The molecule has 29 heavy (non-hydrogen) atoms. The number of aryl methyl sites for hydroxylation is 1. The van der Waals surface area contributed by atoms with E-state index in [1.54, 1.807) is 30.5 Å². The number of aromatic amines is 1. The number of imidazole rings is 1. The molecule has 2 aromatic carbocycles. The third kappa shape index (κ3) is 4.30. The predicted octanol–water partition coefficient (Wildman–Crippen LogP) is 3.73. The quantitative estimate of drug-likeness (QED) is 0.510. The lowest BCUT2D eigenvalue weighted by Crippen LogP contribution is -2.21. The minimum atomic E-state index is -0.588. The molecule has 7 nitrogen and oxygen atoms in total. The van der Waals surface area contributed by atoms with Crippen molar-refractivity contribution in [2.75, 3.05) is 11.9 Å². The van der Waals surface area contributed by atoms with Crippen LogP contribution >= 0.6 is 0 Å². The van der Waals surface area contributed by atoms with Crippen LogP contribution in [0.1, 0.15) is 15.9 Å². The number of pyridine rings is 1. The second-order valence-electron chi connectivity index (χ2n) is 6.53. The first-order valence-electron chi connectivity index (χ1n) is 9.03. The largest absolute Gasteiger partial charge is 0.452 e. The molecule has 2 aromatic heterocycles. The first-order chi connectivity index (χ1) is 14.1. The van der Waals surface area contributed by atoms with Crippen molar-refractivity contribution >= 4 is 28.7 Å². The van der Waals surface area contributed by atoms with Gasteiger partial charge in [-0.2, -0.15) is 0 Å². The predicted molar refractivity (Wildman–Crippen MR) is 109 cm³/mol. The average Bonchev–Trinajstić information content (AvgIpc) is 3.18. The molecule has 4 aromatic rings. The van der Waals surface area contributed by atoms with Crippen LogP contribution in [0.25, 0.3) is 22.4 Å². The lowest BCUT2D eigenvalue weighted by Gasteiger charge is -2.06. The summed E-state index contributed by atoms with van der Waals surface area (Å²) in [5.74, 6) is 0.0820. The number of hydrogen-bond donors (Lipinski definition) is 2. The lowest BCUT2D eigenvalue weighted by atomic mass is 10.2. The molecule has 0 saturated heterocycles. The number of aromatic nitrogens is 3. The first kappa shape index (κ1) is 18.4. The number of benzene rings is 2. The van der Waals surface area contributed by atoms with Gasteiger partial charge in [0.2, 0.25) is 0 Å². The van der Waals surface area contributed by atoms with Gasteiger partial charge in [0, 0.05) is 11.8 Å². The van der Waals surface area contributed by atoms with Crippen molar-refractivity contribution in [2.24, 2.45) is 0 Å². The third-order valence-corrected chi connectivity index (χ3v) is 4.28. The number of hydrogen-bond acceptors (Lipinski definition) is 5. The highest BCUT2D eigenvalue weighted by molar-refractivity contribution is 5.97. The summed E-state index contributed by atoms with van der Waals surface area (Å²) in [6.45, 7) is 1.50. The monoisotopic (exact) mass is 386 g/mol. The van der Waals surface area contributed by atoms with E-state index in [2.05, 4.69) is 20.3 Å². The summed E-state index contributed by atoms with van der Waals surface area (Å²) < 4.78 is 5.11. The van der Waals surface area contributed by atoms with Crippen molar-refractivity contribution < 1.29 is 14.3 Å². The number of carbonyl (C=O) groups is 2. The molecule has 0 aliphatic carbocycles. The highest BCUT2D eigenvalue weighted by atomic mass is 16.5. The summed E-state index contributed by atoms with van der Waals surface area (Å²) in [4.78, 5) is 36.1. The summed E-state index contributed by atoms with van der Waals surface area (Å²) in [5, 5.41) is 2.58. The summed E-state index contributed by atoms with van der Waals surface area (Å²) >= 11 is 0. The molecular formula is C22H18N4O3. The number of nitrogens with zero attached hydrogens (tertiary/aromatic N) is 2. The fourth-order valence-corrected chi connectivity index (χ4v) is 2.80. The molecule has 0 saturated carbocycles. The van der Waals surface area contributed by atoms with E-state index in [4.69, 9.17) is 4.74 Å². The molecule has 1 amide bonds. The Labute approximate surface area is 166 Å². The summed E-state index contributed by atoms with van der Waals surface area (Å²) in [6.07, 6.45) is 1.64. The molecule has 0 spiro atoms. The van der Waals surface area contributed by atoms with Crippen molar-refractivity contribution in [3.63, 3.8) is 0 Å². The smallest absolute Gasteiger partial charge is 0.338 e. The van der Waals surface area contributed by atoms with E-state index < -0.39 is 18.5 Å². The lowest BCUT2D eigenvalue weighted by molar-refractivity contribution is -0.119. The Morgan fingerprint density at radius 1 is 1.07 bits per heavy atom. The van der Waals surface area contributed by atoms with Gasteiger partial charge in [-0.3, -0.25) is 4.79 Å². The number of rotatable bonds is 5. The van der Waals surface area contributed by atoms with Gasteiger partial charge in [-0.25, -0.2) is 14.8 Å². The van der Waals surface area contributed by atoms with E-state index in [1.807, 2.05) is 43.3 Å². The van der Waals surface area contributed by atoms with Gasteiger partial charge in [-0.15, -0.1) is 0 Å². The second kappa shape index (κ2) is 7.93. The zero-order valence-electron chi connectivity index (χ0n) is 15.7. The van der Waals surface area contributed by atoms with Crippen LogP contribution < -0.4 is 5.32 Å². The van der Waals surface area contributed by atoms with Crippen LogP contribution in [0.15, 0.2) is 66.9 Å². The molecule has 0 radical (unpaired) electrons. The summed E-state index contributed by atoms with van der Waals surface area (Å²) in [6, 6.07) is 18.3. The second-order valence-corrected chi connectivity index (χ2v) is 6.53. The Bertz CT molecular complexity index is 1170. The normalized spacial score (nSPS) is 10.7. The van der Waals surface area contributed by atoms with Gasteiger partial charge in [-0.1, -0.05) is 36.4 Å². The van der Waals surface area contributed by atoms with E-state index in [0.717, 1.165) is 22.5 Å². The maximum absolute atomic E-state index is 12.3. The molecule has 0 atom stereocenters. The van der Waals surface area contributed by atoms with E-state index in [9.17, 15) is 9.59 Å². The number of nitrogens with one attached hydrogen (secondary N) is 2. The third-order valence-electron chi connectivity index (χ3n) is 4.28. The molecule has 4 rings (SSSR count). The van der Waals surface area contributed by atoms with Crippen molar-refractivity contribution in [1.82, 2.24) is 15.0 Å². The minimum absolute atomic E-state index is 0.335. The number of fused-ring (bicyclic) bond motifs is 1. The van der Waals surface area contributed by atoms with Crippen LogP contribution in [-0.4, -0.2) is 33.4 Å².